The lowest BCUT2D eigenvalue weighted by Gasteiger charge is -2.43. The van der Waals surface area contributed by atoms with Gasteiger partial charge in [0, 0.05) is 25.2 Å². The molecule has 2 N–H and O–H groups in total. The third-order valence-corrected chi connectivity index (χ3v) is 4.29. The van der Waals surface area contributed by atoms with Gasteiger partial charge in [-0.05, 0) is 32.9 Å². The Morgan fingerprint density at radius 1 is 1.25 bits per heavy atom. The highest BCUT2D eigenvalue weighted by atomic mass is 16.2. The zero-order valence-corrected chi connectivity index (χ0v) is 12.6. The van der Waals surface area contributed by atoms with Gasteiger partial charge in [0.25, 0.3) is 0 Å². The van der Waals surface area contributed by atoms with Crippen molar-refractivity contribution in [3.05, 3.63) is 35.9 Å². The fourth-order valence-corrected chi connectivity index (χ4v) is 2.77. The summed E-state index contributed by atoms with van der Waals surface area (Å²) in [4.78, 5) is 16.7. The first-order valence-corrected chi connectivity index (χ1v) is 7.29. The lowest BCUT2D eigenvalue weighted by Crippen LogP contribution is -2.59. The molecule has 110 valence electrons. The highest BCUT2D eigenvalue weighted by molar-refractivity contribution is 5.82. The van der Waals surface area contributed by atoms with Crippen LogP contribution in [0.2, 0.25) is 0 Å². The average molecular weight is 275 g/mol. The Hall–Kier alpha value is -1.39. The van der Waals surface area contributed by atoms with E-state index < -0.39 is 6.04 Å². The van der Waals surface area contributed by atoms with Crippen molar-refractivity contribution >= 4 is 5.91 Å². The Morgan fingerprint density at radius 2 is 1.80 bits per heavy atom. The molecule has 1 saturated heterocycles. The largest absolute Gasteiger partial charge is 0.338 e. The zero-order valence-electron chi connectivity index (χ0n) is 12.6. The molecular weight excluding hydrogens is 250 g/mol. The molecule has 4 heteroatoms. The second kappa shape index (κ2) is 6.37. The number of nitrogens with zero attached hydrogens (tertiary/aromatic N) is 2. The van der Waals surface area contributed by atoms with Crippen molar-refractivity contribution in [1.29, 1.82) is 0 Å². The molecule has 1 amide bonds. The van der Waals surface area contributed by atoms with Gasteiger partial charge in [0.15, 0.2) is 0 Å². The molecule has 2 rings (SSSR count). The summed E-state index contributed by atoms with van der Waals surface area (Å²) in [5.41, 5.74) is 7.22. The Kier molecular flexibility index (Phi) is 4.78. The van der Waals surface area contributed by atoms with Crippen LogP contribution in [0.25, 0.3) is 0 Å². The number of likely N-dealkylation sites (N-methyl/N-ethyl adjacent to an activating group) is 1. The first-order valence-electron chi connectivity index (χ1n) is 7.29. The van der Waals surface area contributed by atoms with Crippen LogP contribution in [0.4, 0.5) is 0 Å². The lowest BCUT2D eigenvalue weighted by atomic mass is 10.0. The molecule has 1 fully saturated rings. The summed E-state index contributed by atoms with van der Waals surface area (Å²) in [5.74, 6) is 0.0700. The lowest BCUT2D eigenvalue weighted by molar-refractivity contribution is -0.136. The predicted octanol–water partition coefficient (Wildman–Crippen LogP) is 1.11. The Labute approximate surface area is 121 Å². The molecule has 1 heterocycles. The van der Waals surface area contributed by atoms with Gasteiger partial charge in [-0.1, -0.05) is 30.3 Å². The molecule has 20 heavy (non-hydrogen) atoms. The van der Waals surface area contributed by atoms with E-state index in [0.717, 1.165) is 18.7 Å². The van der Waals surface area contributed by atoms with Gasteiger partial charge in [0.05, 0.1) is 6.04 Å². The minimum atomic E-state index is -0.444. The van der Waals surface area contributed by atoms with Crippen LogP contribution in [-0.2, 0) is 11.2 Å². The van der Waals surface area contributed by atoms with Gasteiger partial charge in [0.2, 0.25) is 5.91 Å². The number of carbonyl (C=O) groups is 1. The van der Waals surface area contributed by atoms with E-state index in [9.17, 15) is 4.79 Å². The first kappa shape index (κ1) is 15.0. The summed E-state index contributed by atoms with van der Waals surface area (Å²) in [5, 5.41) is 0. The summed E-state index contributed by atoms with van der Waals surface area (Å²) in [7, 11) is 2.11. The molecule has 3 atom stereocenters. The van der Waals surface area contributed by atoms with E-state index in [0.29, 0.717) is 18.5 Å². The monoisotopic (exact) mass is 275 g/mol. The number of carbonyl (C=O) groups excluding carboxylic acids is 1. The van der Waals surface area contributed by atoms with Crippen LogP contribution in [0.15, 0.2) is 30.3 Å². The van der Waals surface area contributed by atoms with Gasteiger partial charge in [-0.15, -0.1) is 0 Å². The van der Waals surface area contributed by atoms with Crippen molar-refractivity contribution in [3.8, 4) is 0 Å². The van der Waals surface area contributed by atoms with Gasteiger partial charge in [0.1, 0.15) is 0 Å². The van der Waals surface area contributed by atoms with Crippen LogP contribution in [-0.4, -0.2) is 54.0 Å². The smallest absolute Gasteiger partial charge is 0.239 e. The van der Waals surface area contributed by atoms with E-state index in [4.69, 9.17) is 5.73 Å². The van der Waals surface area contributed by atoms with Gasteiger partial charge < -0.3 is 10.6 Å². The maximum atomic E-state index is 12.5. The number of piperazine rings is 1. The zero-order chi connectivity index (χ0) is 14.7. The molecule has 1 aromatic rings. The van der Waals surface area contributed by atoms with Crippen LogP contribution in [0.5, 0.6) is 0 Å². The van der Waals surface area contributed by atoms with Crippen LogP contribution < -0.4 is 5.73 Å². The van der Waals surface area contributed by atoms with Crippen molar-refractivity contribution in [3.63, 3.8) is 0 Å². The third-order valence-electron chi connectivity index (χ3n) is 4.29. The van der Waals surface area contributed by atoms with Crippen LogP contribution >= 0.6 is 0 Å². The molecular formula is C16H25N3O. The van der Waals surface area contributed by atoms with E-state index in [-0.39, 0.29) is 5.91 Å². The van der Waals surface area contributed by atoms with Crippen LogP contribution in [0.3, 0.4) is 0 Å². The Bertz CT molecular complexity index is 436. The fraction of sp³-hybridized carbons (Fsp3) is 0.562. The van der Waals surface area contributed by atoms with E-state index in [1.165, 1.54) is 0 Å². The Morgan fingerprint density at radius 3 is 2.35 bits per heavy atom. The average Bonchev–Trinajstić information content (AvgIpc) is 2.44. The van der Waals surface area contributed by atoms with Gasteiger partial charge >= 0.3 is 0 Å². The van der Waals surface area contributed by atoms with Crippen molar-refractivity contribution in [1.82, 2.24) is 9.80 Å². The third kappa shape index (κ3) is 3.38. The molecule has 0 aromatic heterocycles. The molecule has 1 aliphatic heterocycles. The number of benzene rings is 1. The van der Waals surface area contributed by atoms with Gasteiger partial charge in [-0.3, -0.25) is 9.69 Å². The predicted molar refractivity (Wildman–Crippen MR) is 81.4 cm³/mol. The fourth-order valence-electron chi connectivity index (χ4n) is 2.77. The highest BCUT2D eigenvalue weighted by Crippen LogP contribution is 2.15. The highest BCUT2D eigenvalue weighted by Gasteiger charge is 2.31. The van der Waals surface area contributed by atoms with Gasteiger partial charge in [-0.2, -0.15) is 0 Å². The Balaban J connectivity index is 1.97. The molecule has 0 bridgehead atoms. The quantitative estimate of drug-likeness (QED) is 0.899. The number of hydrogen-bond donors (Lipinski definition) is 1. The maximum absolute atomic E-state index is 12.5. The van der Waals surface area contributed by atoms with E-state index in [1.807, 2.05) is 35.2 Å². The molecule has 0 spiro atoms. The minimum Gasteiger partial charge on any atom is -0.338 e. The number of rotatable bonds is 3. The summed E-state index contributed by atoms with van der Waals surface area (Å²) < 4.78 is 0. The normalized spacial score (nSPS) is 25.5. The number of nitrogens with two attached hydrogens (primary N) is 1. The molecule has 1 aliphatic rings. The molecule has 4 nitrogen and oxygen atoms in total. The summed E-state index contributed by atoms with van der Waals surface area (Å²) >= 11 is 0. The van der Waals surface area contributed by atoms with E-state index in [1.54, 1.807) is 0 Å². The van der Waals surface area contributed by atoms with Crippen LogP contribution in [0, 0.1) is 0 Å². The maximum Gasteiger partial charge on any atom is 0.239 e. The molecule has 1 aromatic carbocycles. The summed E-state index contributed by atoms with van der Waals surface area (Å²) in [6, 6.07) is 10.3. The van der Waals surface area contributed by atoms with Crippen LogP contribution in [0.1, 0.15) is 19.4 Å². The summed E-state index contributed by atoms with van der Waals surface area (Å²) in [6.45, 7) is 5.83. The molecule has 2 unspecified atom stereocenters. The standard InChI is InChI=1S/C16H25N3O/c1-12-10-19(11-13(2)18(12)3)16(20)15(17)9-14-7-5-4-6-8-14/h4-8,12-13,15H,9-11,17H2,1-3H3/t12?,13?,15-/m1/s1. The SMILES string of the molecule is CC1CN(C(=O)[C@H](N)Cc2ccccc2)CC(C)N1C. The van der Waals surface area contributed by atoms with E-state index >= 15 is 0 Å². The second-order valence-corrected chi connectivity index (χ2v) is 5.90. The van der Waals surface area contributed by atoms with Crippen molar-refractivity contribution in [2.75, 3.05) is 20.1 Å². The van der Waals surface area contributed by atoms with Crippen molar-refractivity contribution < 1.29 is 4.79 Å². The first-order chi connectivity index (χ1) is 9.49. The molecule has 0 saturated carbocycles. The minimum absolute atomic E-state index is 0.0700. The topological polar surface area (TPSA) is 49.6 Å². The number of hydrogen-bond acceptors (Lipinski definition) is 3. The van der Waals surface area contributed by atoms with Gasteiger partial charge in [-0.25, -0.2) is 0 Å². The molecule has 0 radical (unpaired) electrons. The number of amides is 1. The van der Waals surface area contributed by atoms with Crippen molar-refractivity contribution in [2.24, 2.45) is 5.73 Å². The molecule has 0 aliphatic carbocycles. The van der Waals surface area contributed by atoms with Crippen molar-refractivity contribution in [2.45, 2.75) is 38.4 Å². The second-order valence-electron chi connectivity index (χ2n) is 5.90. The van der Waals surface area contributed by atoms with E-state index in [2.05, 4.69) is 25.8 Å². The summed E-state index contributed by atoms with van der Waals surface area (Å²) in [6.07, 6.45) is 0.606.